The molecule has 1 aromatic heterocycles. The summed E-state index contributed by atoms with van der Waals surface area (Å²) >= 11 is 5.91. The fourth-order valence-corrected chi connectivity index (χ4v) is 2.37. The Balaban J connectivity index is 2.26. The SMILES string of the molecule is CC(C)(C)[C@@H](O)[C@H](Cc1ccc(Cl)cc1)c1cn[nH]n1. The monoisotopic (exact) mass is 293 g/mol. The maximum absolute atomic E-state index is 10.6. The molecule has 0 fully saturated rings. The summed E-state index contributed by atoms with van der Waals surface area (Å²) in [6, 6.07) is 7.68. The fraction of sp³-hybridized carbons (Fsp3) is 0.467. The Labute approximate surface area is 124 Å². The molecule has 2 aromatic rings. The molecule has 108 valence electrons. The number of benzene rings is 1. The van der Waals surface area contributed by atoms with Crippen LogP contribution in [0.25, 0.3) is 0 Å². The smallest absolute Gasteiger partial charge is 0.0884 e. The molecule has 0 bridgehead atoms. The minimum absolute atomic E-state index is 0.102. The molecule has 1 aromatic carbocycles. The van der Waals surface area contributed by atoms with Gasteiger partial charge in [0.25, 0.3) is 0 Å². The van der Waals surface area contributed by atoms with Crippen LogP contribution in [0.4, 0.5) is 0 Å². The molecule has 5 heteroatoms. The number of aromatic nitrogens is 3. The van der Waals surface area contributed by atoms with Gasteiger partial charge in [-0.25, -0.2) is 0 Å². The van der Waals surface area contributed by atoms with E-state index in [-0.39, 0.29) is 11.3 Å². The molecule has 0 spiro atoms. The van der Waals surface area contributed by atoms with Crippen molar-refractivity contribution in [2.75, 3.05) is 0 Å². The summed E-state index contributed by atoms with van der Waals surface area (Å²) in [7, 11) is 0. The second-order valence-corrected chi connectivity index (χ2v) is 6.58. The van der Waals surface area contributed by atoms with Crippen LogP contribution < -0.4 is 0 Å². The third-order valence-electron chi connectivity index (χ3n) is 3.45. The van der Waals surface area contributed by atoms with Crippen molar-refractivity contribution < 1.29 is 5.11 Å². The van der Waals surface area contributed by atoms with Crippen LogP contribution in [0.3, 0.4) is 0 Å². The zero-order valence-corrected chi connectivity index (χ0v) is 12.7. The third kappa shape index (κ3) is 3.58. The first-order chi connectivity index (χ1) is 9.38. The van der Waals surface area contributed by atoms with Gasteiger partial charge in [-0.1, -0.05) is 44.5 Å². The number of nitrogens with zero attached hydrogens (tertiary/aromatic N) is 2. The van der Waals surface area contributed by atoms with Gasteiger partial charge in [0.2, 0.25) is 0 Å². The van der Waals surface area contributed by atoms with E-state index in [1.54, 1.807) is 6.20 Å². The second kappa shape index (κ2) is 5.94. The van der Waals surface area contributed by atoms with E-state index in [1.165, 1.54) is 0 Å². The van der Waals surface area contributed by atoms with Gasteiger partial charge in [-0.2, -0.15) is 15.4 Å². The summed E-state index contributed by atoms with van der Waals surface area (Å²) in [5.41, 5.74) is 1.67. The Morgan fingerprint density at radius 2 is 1.90 bits per heavy atom. The third-order valence-corrected chi connectivity index (χ3v) is 3.70. The van der Waals surface area contributed by atoms with Crippen molar-refractivity contribution in [3.8, 4) is 0 Å². The van der Waals surface area contributed by atoms with Crippen LogP contribution in [0, 0.1) is 5.41 Å². The predicted octanol–water partition coefficient (Wildman–Crippen LogP) is 3.19. The van der Waals surface area contributed by atoms with Gasteiger partial charge in [0.15, 0.2) is 0 Å². The molecule has 0 unspecified atom stereocenters. The van der Waals surface area contributed by atoms with Crippen LogP contribution >= 0.6 is 11.6 Å². The highest BCUT2D eigenvalue weighted by atomic mass is 35.5. The molecule has 0 aliphatic rings. The number of aliphatic hydroxyl groups is 1. The number of aromatic amines is 1. The lowest BCUT2D eigenvalue weighted by atomic mass is 9.77. The largest absolute Gasteiger partial charge is 0.392 e. The van der Waals surface area contributed by atoms with Gasteiger partial charge < -0.3 is 5.11 Å². The minimum atomic E-state index is -0.511. The number of hydrogen-bond acceptors (Lipinski definition) is 3. The van der Waals surface area contributed by atoms with Crippen molar-refractivity contribution in [2.45, 2.75) is 39.2 Å². The number of aliphatic hydroxyl groups excluding tert-OH is 1. The van der Waals surface area contributed by atoms with Crippen molar-refractivity contribution in [3.63, 3.8) is 0 Å². The second-order valence-electron chi connectivity index (χ2n) is 6.14. The highest BCUT2D eigenvalue weighted by Gasteiger charge is 2.33. The zero-order valence-electron chi connectivity index (χ0n) is 12.0. The predicted molar refractivity (Wildman–Crippen MR) is 79.7 cm³/mol. The molecule has 0 amide bonds. The first-order valence-electron chi connectivity index (χ1n) is 6.66. The molecule has 4 nitrogen and oxygen atoms in total. The fourth-order valence-electron chi connectivity index (χ4n) is 2.25. The molecular weight excluding hydrogens is 274 g/mol. The topological polar surface area (TPSA) is 61.8 Å². The summed E-state index contributed by atoms with van der Waals surface area (Å²) < 4.78 is 0. The molecule has 0 radical (unpaired) electrons. The van der Waals surface area contributed by atoms with Crippen molar-refractivity contribution in [1.82, 2.24) is 15.4 Å². The van der Waals surface area contributed by atoms with Gasteiger partial charge in [0.05, 0.1) is 18.0 Å². The summed E-state index contributed by atoms with van der Waals surface area (Å²) in [6.07, 6.45) is 1.86. The van der Waals surface area contributed by atoms with Crippen molar-refractivity contribution in [1.29, 1.82) is 0 Å². The molecule has 0 saturated heterocycles. The van der Waals surface area contributed by atoms with E-state index in [9.17, 15) is 5.11 Å². The summed E-state index contributed by atoms with van der Waals surface area (Å²) in [5.74, 6) is -0.102. The van der Waals surface area contributed by atoms with E-state index < -0.39 is 6.10 Å². The van der Waals surface area contributed by atoms with E-state index >= 15 is 0 Å². The molecule has 0 aliphatic heterocycles. The van der Waals surface area contributed by atoms with Crippen LogP contribution in [0.2, 0.25) is 5.02 Å². The first-order valence-corrected chi connectivity index (χ1v) is 7.04. The van der Waals surface area contributed by atoms with E-state index in [2.05, 4.69) is 15.4 Å². The quantitative estimate of drug-likeness (QED) is 0.910. The first kappa shape index (κ1) is 15.0. The van der Waals surface area contributed by atoms with E-state index in [1.807, 2.05) is 45.0 Å². The minimum Gasteiger partial charge on any atom is -0.392 e. The average molecular weight is 294 g/mol. The van der Waals surface area contributed by atoms with Gasteiger partial charge in [0.1, 0.15) is 0 Å². The number of halogens is 1. The lowest BCUT2D eigenvalue weighted by Crippen LogP contribution is -2.33. The van der Waals surface area contributed by atoms with E-state index in [0.29, 0.717) is 11.4 Å². The van der Waals surface area contributed by atoms with Gasteiger partial charge in [-0.15, -0.1) is 0 Å². The molecule has 2 N–H and O–H groups in total. The normalized spacial score (nSPS) is 15.1. The van der Waals surface area contributed by atoms with Crippen LogP contribution in [-0.2, 0) is 6.42 Å². The van der Waals surface area contributed by atoms with Crippen LogP contribution in [0.1, 0.15) is 37.9 Å². The maximum Gasteiger partial charge on any atom is 0.0884 e. The summed E-state index contributed by atoms with van der Waals surface area (Å²) in [5, 5.41) is 22.0. The van der Waals surface area contributed by atoms with Crippen LogP contribution in [0.15, 0.2) is 30.5 Å². The number of nitrogens with one attached hydrogen (secondary N) is 1. The van der Waals surface area contributed by atoms with Crippen molar-refractivity contribution in [3.05, 3.63) is 46.7 Å². The average Bonchev–Trinajstić information content (AvgIpc) is 2.90. The van der Waals surface area contributed by atoms with Gasteiger partial charge in [0, 0.05) is 10.9 Å². The highest BCUT2D eigenvalue weighted by molar-refractivity contribution is 6.30. The Kier molecular flexibility index (Phi) is 4.45. The molecule has 2 rings (SSSR count). The lowest BCUT2D eigenvalue weighted by Gasteiger charge is -2.32. The molecule has 1 heterocycles. The molecule has 2 atom stereocenters. The van der Waals surface area contributed by atoms with Gasteiger partial charge in [-0.05, 0) is 29.5 Å². The lowest BCUT2D eigenvalue weighted by molar-refractivity contribution is 0.0372. The maximum atomic E-state index is 10.6. The van der Waals surface area contributed by atoms with Crippen molar-refractivity contribution in [2.24, 2.45) is 5.41 Å². The zero-order chi connectivity index (χ0) is 14.8. The van der Waals surface area contributed by atoms with E-state index in [4.69, 9.17) is 11.6 Å². The van der Waals surface area contributed by atoms with Crippen LogP contribution in [0.5, 0.6) is 0 Å². The van der Waals surface area contributed by atoms with E-state index in [0.717, 1.165) is 11.3 Å². The molecule has 20 heavy (non-hydrogen) atoms. The van der Waals surface area contributed by atoms with Gasteiger partial charge in [-0.3, -0.25) is 0 Å². The van der Waals surface area contributed by atoms with Crippen molar-refractivity contribution >= 4 is 11.6 Å². The molecule has 0 aliphatic carbocycles. The number of hydrogen-bond donors (Lipinski definition) is 2. The summed E-state index contributed by atoms with van der Waals surface area (Å²) in [4.78, 5) is 0. The Hall–Kier alpha value is -1.39. The molecule has 0 saturated carbocycles. The highest BCUT2D eigenvalue weighted by Crippen LogP contribution is 2.33. The number of H-pyrrole nitrogens is 1. The molecular formula is C15H20ClN3O. The summed E-state index contributed by atoms with van der Waals surface area (Å²) in [6.45, 7) is 6.06. The Morgan fingerprint density at radius 3 is 2.40 bits per heavy atom. The Bertz CT molecular complexity index is 531. The Morgan fingerprint density at radius 1 is 1.25 bits per heavy atom. The van der Waals surface area contributed by atoms with Gasteiger partial charge >= 0.3 is 0 Å². The standard InChI is InChI=1S/C15H20ClN3O/c1-15(2,3)14(20)12(13-9-17-19-18-13)8-10-4-6-11(16)7-5-10/h4-7,9,12,14,20H,8H2,1-3H3,(H,17,18,19)/t12-,14+/m1/s1. The van der Waals surface area contributed by atoms with Crippen LogP contribution in [-0.4, -0.2) is 26.6 Å². The number of rotatable bonds is 4.